The maximum atomic E-state index is 10.4. The number of urea groups is 1. The number of primary amides is 1. The van der Waals surface area contributed by atoms with E-state index in [9.17, 15) is 4.79 Å². The Hall–Kier alpha value is -2.60. The summed E-state index contributed by atoms with van der Waals surface area (Å²) in [4.78, 5) is 14.5. The Labute approximate surface area is 120 Å². The maximum Gasteiger partial charge on any atom is 0.332 e. The molecule has 0 aliphatic heterocycles. The van der Waals surface area contributed by atoms with Gasteiger partial charge in [-0.2, -0.15) is 5.10 Å². The number of nitrogens with one attached hydrogen (secondary N) is 1. The van der Waals surface area contributed by atoms with Gasteiger partial charge >= 0.3 is 6.03 Å². The van der Waals surface area contributed by atoms with Crippen molar-refractivity contribution in [2.24, 2.45) is 10.8 Å². The average Bonchev–Trinajstić information content (AvgIpc) is 2.43. The molecule has 0 spiro atoms. The summed E-state index contributed by atoms with van der Waals surface area (Å²) in [6.45, 7) is 0. The molecule has 20 heavy (non-hydrogen) atoms. The molecule has 0 saturated carbocycles. The fourth-order valence-corrected chi connectivity index (χ4v) is 1.45. The number of ether oxygens (including phenoxy) is 1. The van der Waals surface area contributed by atoms with Gasteiger partial charge in [0.05, 0.1) is 6.21 Å². The number of pyridine rings is 1. The fourth-order valence-electron chi connectivity index (χ4n) is 1.32. The lowest BCUT2D eigenvalue weighted by atomic mass is 10.3. The van der Waals surface area contributed by atoms with E-state index < -0.39 is 6.03 Å². The van der Waals surface area contributed by atoms with Crippen molar-refractivity contribution in [2.45, 2.75) is 0 Å². The Bertz CT molecular complexity index is 611. The fraction of sp³-hybridized carbons (Fsp3) is 0. The first-order chi connectivity index (χ1) is 9.63. The summed E-state index contributed by atoms with van der Waals surface area (Å²) >= 11 is 5.78. The van der Waals surface area contributed by atoms with Crippen LogP contribution in [0.2, 0.25) is 5.02 Å². The van der Waals surface area contributed by atoms with Crippen molar-refractivity contribution in [2.75, 3.05) is 0 Å². The molecule has 0 aliphatic rings. The molecule has 6 nitrogen and oxygen atoms in total. The third-order valence-electron chi connectivity index (χ3n) is 2.18. The lowest BCUT2D eigenvalue weighted by molar-refractivity contribution is 0.249. The summed E-state index contributed by atoms with van der Waals surface area (Å²) in [5, 5.41) is 4.26. The van der Waals surface area contributed by atoms with Gasteiger partial charge in [0.25, 0.3) is 0 Å². The molecule has 0 radical (unpaired) electrons. The molecule has 0 atom stereocenters. The van der Waals surface area contributed by atoms with Crippen molar-refractivity contribution >= 4 is 23.8 Å². The number of nitrogens with two attached hydrogens (primary N) is 1. The predicted octanol–water partition coefficient (Wildman–Crippen LogP) is 2.53. The van der Waals surface area contributed by atoms with Crippen molar-refractivity contribution in [3.63, 3.8) is 0 Å². The van der Waals surface area contributed by atoms with Gasteiger partial charge in [-0.1, -0.05) is 11.6 Å². The minimum Gasteiger partial charge on any atom is -0.439 e. The highest BCUT2D eigenvalue weighted by molar-refractivity contribution is 6.30. The first kappa shape index (κ1) is 13.8. The van der Waals surface area contributed by atoms with Crippen molar-refractivity contribution in [1.29, 1.82) is 0 Å². The van der Waals surface area contributed by atoms with Crippen LogP contribution in [0.1, 0.15) is 5.56 Å². The van der Waals surface area contributed by atoms with Gasteiger partial charge in [-0.05, 0) is 30.3 Å². The first-order valence-corrected chi connectivity index (χ1v) is 5.99. The molecule has 0 bridgehead atoms. The van der Waals surface area contributed by atoms with Crippen LogP contribution in [-0.4, -0.2) is 17.2 Å². The summed E-state index contributed by atoms with van der Waals surface area (Å²) in [5.41, 5.74) is 7.66. The second-order valence-corrected chi connectivity index (χ2v) is 4.16. The van der Waals surface area contributed by atoms with E-state index in [0.29, 0.717) is 22.2 Å². The van der Waals surface area contributed by atoms with E-state index in [-0.39, 0.29) is 0 Å². The molecule has 102 valence electrons. The van der Waals surface area contributed by atoms with Crippen LogP contribution >= 0.6 is 11.6 Å². The van der Waals surface area contributed by atoms with Gasteiger partial charge in [-0.25, -0.2) is 15.2 Å². The van der Waals surface area contributed by atoms with Crippen LogP contribution in [0.25, 0.3) is 0 Å². The zero-order valence-corrected chi connectivity index (χ0v) is 11.0. The Morgan fingerprint density at radius 2 is 2.05 bits per heavy atom. The smallest absolute Gasteiger partial charge is 0.332 e. The van der Waals surface area contributed by atoms with E-state index in [1.165, 1.54) is 6.21 Å². The Morgan fingerprint density at radius 1 is 1.30 bits per heavy atom. The molecule has 0 fully saturated rings. The third kappa shape index (κ3) is 4.25. The number of rotatable bonds is 4. The topological polar surface area (TPSA) is 89.6 Å². The van der Waals surface area contributed by atoms with Crippen molar-refractivity contribution in [3.05, 3.63) is 53.2 Å². The van der Waals surface area contributed by atoms with Crippen LogP contribution in [0, 0.1) is 0 Å². The first-order valence-electron chi connectivity index (χ1n) is 5.61. The molecule has 2 amide bonds. The SMILES string of the molecule is NC(=O)NN=Cc1ccc(Oc2ccc(Cl)cc2)nc1. The second kappa shape index (κ2) is 6.53. The molecular weight excluding hydrogens is 280 g/mol. The second-order valence-electron chi connectivity index (χ2n) is 3.72. The van der Waals surface area contributed by atoms with Gasteiger partial charge in [-0.3, -0.25) is 0 Å². The van der Waals surface area contributed by atoms with Crippen LogP contribution in [0.4, 0.5) is 4.79 Å². The molecule has 7 heteroatoms. The minimum absolute atomic E-state index is 0.437. The molecule has 2 aromatic rings. The number of carbonyl (C=O) groups excluding carboxylic acids is 1. The van der Waals surface area contributed by atoms with Crippen molar-refractivity contribution in [3.8, 4) is 11.6 Å². The van der Waals surface area contributed by atoms with Gasteiger partial charge < -0.3 is 10.5 Å². The zero-order chi connectivity index (χ0) is 14.4. The zero-order valence-electron chi connectivity index (χ0n) is 10.3. The molecule has 1 heterocycles. The van der Waals surface area contributed by atoms with E-state index in [1.54, 1.807) is 42.6 Å². The number of halogens is 1. The monoisotopic (exact) mass is 290 g/mol. The Morgan fingerprint density at radius 3 is 2.65 bits per heavy atom. The molecule has 1 aromatic carbocycles. The number of hydrazone groups is 1. The largest absolute Gasteiger partial charge is 0.439 e. The number of hydrogen-bond acceptors (Lipinski definition) is 4. The lowest BCUT2D eigenvalue weighted by Gasteiger charge is -2.04. The van der Waals surface area contributed by atoms with E-state index in [4.69, 9.17) is 22.1 Å². The highest BCUT2D eigenvalue weighted by Gasteiger charge is 1.98. The Kier molecular flexibility index (Phi) is 4.52. The van der Waals surface area contributed by atoms with Crippen LogP contribution in [0.5, 0.6) is 11.6 Å². The summed E-state index contributed by atoms with van der Waals surface area (Å²) in [7, 11) is 0. The summed E-state index contributed by atoms with van der Waals surface area (Å²) in [5.74, 6) is 1.08. The summed E-state index contributed by atoms with van der Waals surface area (Å²) in [6.07, 6.45) is 2.97. The normalized spacial score (nSPS) is 10.4. The van der Waals surface area contributed by atoms with Crippen molar-refractivity contribution in [1.82, 2.24) is 10.4 Å². The van der Waals surface area contributed by atoms with Gasteiger partial charge in [0, 0.05) is 22.8 Å². The minimum atomic E-state index is -0.725. The number of carbonyl (C=O) groups is 1. The standard InChI is InChI=1S/C13H11ClN4O2/c14-10-2-4-11(5-3-10)20-12-6-1-9(7-16-12)8-17-18-13(15)19/h1-8H,(H3,15,18,19). The van der Waals surface area contributed by atoms with E-state index in [2.05, 4.69) is 15.5 Å². The maximum absolute atomic E-state index is 10.4. The van der Waals surface area contributed by atoms with E-state index >= 15 is 0 Å². The molecule has 3 N–H and O–H groups in total. The molecule has 0 saturated heterocycles. The quantitative estimate of drug-likeness (QED) is 0.670. The molecule has 0 unspecified atom stereocenters. The van der Waals surface area contributed by atoms with Gasteiger partial charge in [-0.15, -0.1) is 0 Å². The third-order valence-corrected chi connectivity index (χ3v) is 2.44. The number of aromatic nitrogens is 1. The molecular formula is C13H11ClN4O2. The van der Waals surface area contributed by atoms with E-state index in [1.807, 2.05) is 0 Å². The number of benzene rings is 1. The van der Waals surface area contributed by atoms with Gasteiger partial charge in [0.2, 0.25) is 5.88 Å². The number of amides is 2. The summed E-state index contributed by atoms with van der Waals surface area (Å²) in [6, 6.07) is 9.65. The summed E-state index contributed by atoms with van der Waals surface area (Å²) < 4.78 is 5.53. The molecule has 0 aliphatic carbocycles. The van der Waals surface area contributed by atoms with Crippen LogP contribution in [0.3, 0.4) is 0 Å². The van der Waals surface area contributed by atoms with Gasteiger partial charge in [0.15, 0.2) is 0 Å². The highest BCUT2D eigenvalue weighted by Crippen LogP contribution is 2.21. The van der Waals surface area contributed by atoms with Crippen LogP contribution in [-0.2, 0) is 0 Å². The van der Waals surface area contributed by atoms with Crippen LogP contribution < -0.4 is 15.9 Å². The highest BCUT2D eigenvalue weighted by atomic mass is 35.5. The van der Waals surface area contributed by atoms with Crippen LogP contribution in [0.15, 0.2) is 47.7 Å². The van der Waals surface area contributed by atoms with E-state index in [0.717, 1.165) is 0 Å². The average molecular weight is 291 g/mol. The van der Waals surface area contributed by atoms with Crippen molar-refractivity contribution < 1.29 is 9.53 Å². The predicted molar refractivity (Wildman–Crippen MR) is 76.1 cm³/mol. The number of nitrogens with zero attached hydrogens (tertiary/aromatic N) is 2. The van der Waals surface area contributed by atoms with Gasteiger partial charge in [0.1, 0.15) is 5.75 Å². The Balaban J connectivity index is 1.99. The lowest BCUT2D eigenvalue weighted by Crippen LogP contribution is -2.24. The molecule has 1 aromatic heterocycles. The number of hydrogen-bond donors (Lipinski definition) is 2. The molecule has 2 rings (SSSR count).